The molecule has 1 aliphatic rings. The van der Waals surface area contributed by atoms with E-state index >= 15 is 0 Å². The topological polar surface area (TPSA) is 60.2 Å². The Kier molecular flexibility index (Phi) is 4.28. The van der Waals surface area contributed by atoms with Gasteiger partial charge >= 0.3 is 0 Å². The first-order valence-electron chi connectivity index (χ1n) is 5.86. The van der Waals surface area contributed by atoms with E-state index < -0.39 is 0 Å². The van der Waals surface area contributed by atoms with E-state index in [2.05, 4.69) is 10.3 Å². The predicted octanol–water partition coefficient (Wildman–Crippen LogP) is 1.70. The number of anilines is 1. The molecule has 1 fully saturated rings. The lowest BCUT2D eigenvalue weighted by Crippen LogP contribution is -2.27. The molecule has 1 atom stereocenters. The summed E-state index contributed by atoms with van der Waals surface area (Å²) in [5.41, 5.74) is 7.38. The maximum Gasteiger partial charge on any atom is 0.106 e. The van der Waals surface area contributed by atoms with Gasteiger partial charge in [0.2, 0.25) is 0 Å². The van der Waals surface area contributed by atoms with Gasteiger partial charge < -0.3 is 15.8 Å². The van der Waals surface area contributed by atoms with Crippen LogP contribution >= 0.6 is 12.2 Å². The standard InChI is InChI=1S/C12H17N3OS/c13-12(17)10-4-5-14-8-11(10)15-7-9-3-1-2-6-16-9/h4-5,8-9,15H,1-3,6-7H2,(H2,13,17). The van der Waals surface area contributed by atoms with Gasteiger partial charge in [0, 0.05) is 24.9 Å². The van der Waals surface area contributed by atoms with Gasteiger partial charge in [0.25, 0.3) is 0 Å². The van der Waals surface area contributed by atoms with Crippen molar-refractivity contribution in [2.24, 2.45) is 5.73 Å². The van der Waals surface area contributed by atoms with Gasteiger partial charge in [-0.15, -0.1) is 0 Å². The molecule has 1 aromatic rings. The Morgan fingerprint density at radius 2 is 2.47 bits per heavy atom. The van der Waals surface area contributed by atoms with Gasteiger partial charge in [-0.3, -0.25) is 4.98 Å². The maximum absolute atomic E-state index is 5.66. The molecule has 2 heterocycles. The zero-order valence-corrected chi connectivity index (χ0v) is 10.5. The summed E-state index contributed by atoms with van der Waals surface area (Å²) in [5, 5.41) is 3.31. The summed E-state index contributed by atoms with van der Waals surface area (Å²) in [4.78, 5) is 4.46. The zero-order valence-electron chi connectivity index (χ0n) is 9.69. The van der Waals surface area contributed by atoms with Crippen molar-refractivity contribution < 1.29 is 4.74 Å². The number of rotatable bonds is 4. The SMILES string of the molecule is NC(=S)c1ccncc1NCC1CCCCO1. The highest BCUT2D eigenvalue weighted by Crippen LogP contribution is 2.16. The van der Waals surface area contributed by atoms with Crippen LogP contribution in [0, 0.1) is 0 Å². The number of thiocarbonyl (C=S) groups is 1. The van der Waals surface area contributed by atoms with E-state index in [9.17, 15) is 0 Å². The summed E-state index contributed by atoms with van der Waals surface area (Å²) in [5.74, 6) is 0. The molecule has 2 rings (SSSR count). The number of aromatic nitrogens is 1. The summed E-state index contributed by atoms with van der Waals surface area (Å²) >= 11 is 5.00. The quantitative estimate of drug-likeness (QED) is 0.798. The Bertz CT molecular complexity index is 391. The number of pyridine rings is 1. The van der Waals surface area contributed by atoms with E-state index in [4.69, 9.17) is 22.7 Å². The molecule has 3 N–H and O–H groups in total. The summed E-state index contributed by atoms with van der Waals surface area (Å²) < 4.78 is 5.65. The average Bonchev–Trinajstić information content (AvgIpc) is 2.38. The fourth-order valence-corrected chi connectivity index (χ4v) is 2.12. The Labute approximate surface area is 107 Å². The number of hydrogen-bond donors (Lipinski definition) is 2. The smallest absolute Gasteiger partial charge is 0.106 e. The summed E-state index contributed by atoms with van der Waals surface area (Å²) in [6.45, 7) is 1.64. The van der Waals surface area contributed by atoms with Gasteiger partial charge in [0.1, 0.15) is 4.99 Å². The number of nitrogens with two attached hydrogens (primary N) is 1. The molecule has 1 aliphatic heterocycles. The monoisotopic (exact) mass is 251 g/mol. The highest BCUT2D eigenvalue weighted by atomic mass is 32.1. The van der Waals surface area contributed by atoms with Crippen LogP contribution in [0.1, 0.15) is 24.8 Å². The van der Waals surface area contributed by atoms with E-state index in [1.54, 1.807) is 12.4 Å². The van der Waals surface area contributed by atoms with Crippen LogP contribution in [0.3, 0.4) is 0 Å². The van der Waals surface area contributed by atoms with Crippen LogP contribution in [0.2, 0.25) is 0 Å². The highest BCUT2D eigenvalue weighted by molar-refractivity contribution is 7.80. The molecule has 0 radical (unpaired) electrons. The van der Waals surface area contributed by atoms with Crippen LogP contribution in [0.4, 0.5) is 5.69 Å². The van der Waals surface area contributed by atoms with Gasteiger partial charge in [-0.1, -0.05) is 12.2 Å². The van der Waals surface area contributed by atoms with Crippen LogP contribution in [-0.2, 0) is 4.74 Å². The minimum absolute atomic E-state index is 0.281. The van der Waals surface area contributed by atoms with Gasteiger partial charge in [0.05, 0.1) is 18.0 Å². The van der Waals surface area contributed by atoms with Crippen LogP contribution in [0.5, 0.6) is 0 Å². The third kappa shape index (κ3) is 3.38. The Morgan fingerprint density at radius 1 is 1.59 bits per heavy atom. The summed E-state index contributed by atoms with van der Waals surface area (Å²) in [6.07, 6.45) is 7.23. The lowest BCUT2D eigenvalue weighted by Gasteiger charge is -2.23. The van der Waals surface area contributed by atoms with E-state index in [0.29, 0.717) is 4.99 Å². The van der Waals surface area contributed by atoms with Crippen molar-refractivity contribution in [1.82, 2.24) is 4.98 Å². The average molecular weight is 251 g/mol. The molecule has 0 saturated carbocycles. The third-order valence-electron chi connectivity index (χ3n) is 2.88. The van der Waals surface area contributed by atoms with Crippen molar-refractivity contribution in [3.63, 3.8) is 0 Å². The molecule has 5 heteroatoms. The van der Waals surface area contributed by atoms with Crippen molar-refractivity contribution in [1.29, 1.82) is 0 Å². The van der Waals surface area contributed by atoms with Gasteiger partial charge in [0.15, 0.2) is 0 Å². The summed E-state index contributed by atoms with van der Waals surface area (Å²) in [7, 11) is 0. The molecule has 1 unspecified atom stereocenters. The Morgan fingerprint density at radius 3 is 3.18 bits per heavy atom. The molecular formula is C12H17N3OS. The molecule has 0 amide bonds. The van der Waals surface area contributed by atoms with E-state index in [1.807, 2.05) is 6.07 Å². The first kappa shape index (κ1) is 12.3. The lowest BCUT2D eigenvalue weighted by atomic mass is 10.1. The molecule has 92 valence electrons. The van der Waals surface area contributed by atoms with Crippen molar-refractivity contribution in [2.45, 2.75) is 25.4 Å². The predicted molar refractivity (Wildman–Crippen MR) is 72.2 cm³/mol. The fraction of sp³-hybridized carbons (Fsp3) is 0.500. The Balaban J connectivity index is 1.96. The first-order valence-corrected chi connectivity index (χ1v) is 6.27. The van der Waals surface area contributed by atoms with Gasteiger partial charge in [-0.2, -0.15) is 0 Å². The second kappa shape index (κ2) is 5.93. The minimum Gasteiger partial charge on any atom is -0.389 e. The second-order valence-electron chi connectivity index (χ2n) is 4.15. The van der Waals surface area contributed by atoms with Gasteiger partial charge in [-0.25, -0.2) is 0 Å². The van der Waals surface area contributed by atoms with E-state index in [0.717, 1.165) is 30.8 Å². The molecule has 0 bridgehead atoms. The fourth-order valence-electron chi connectivity index (χ4n) is 1.94. The molecule has 0 spiro atoms. The minimum atomic E-state index is 0.281. The first-order chi connectivity index (χ1) is 8.27. The Hall–Kier alpha value is -1.20. The van der Waals surface area contributed by atoms with Crippen molar-refractivity contribution in [3.05, 3.63) is 24.0 Å². The number of nitrogens with zero attached hydrogens (tertiary/aromatic N) is 1. The molecule has 1 aromatic heterocycles. The third-order valence-corrected chi connectivity index (χ3v) is 3.10. The summed E-state index contributed by atoms with van der Waals surface area (Å²) in [6, 6.07) is 1.83. The normalized spacial score (nSPS) is 19.9. The van der Waals surface area contributed by atoms with Crippen LogP contribution < -0.4 is 11.1 Å². The largest absolute Gasteiger partial charge is 0.389 e. The maximum atomic E-state index is 5.66. The van der Waals surface area contributed by atoms with Crippen molar-refractivity contribution in [2.75, 3.05) is 18.5 Å². The lowest BCUT2D eigenvalue weighted by molar-refractivity contribution is 0.0247. The molecule has 4 nitrogen and oxygen atoms in total. The van der Waals surface area contributed by atoms with Crippen molar-refractivity contribution >= 4 is 22.9 Å². The van der Waals surface area contributed by atoms with Crippen LogP contribution in [0.15, 0.2) is 18.5 Å². The number of nitrogens with one attached hydrogen (secondary N) is 1. The molecule has 0 aliphatic carbocycles. The van der Waals surface area contributed by atoms with Crippen LogP contribution in [-0.4, -0.2) is 29.2 Å². The number of hydrogen-bond acceptors (Lipinski definition) is 4. The van der Waals surface area contributed by atoms with Crippen LogP contribution in [0.25, 0.3) is 0 Å². The molecule has 17 heavy (non-hydrogen) atoms. The second-order valence-corrected chi connectivity index (χ2v) is 4.59. The van der Waals surface area contributed by atoms with E-state index in [-0.39, 0.29) is 6.10 Å². The molecule has 1 saturated heterocycles. The van der Waals surface area contributed by atoms with E-state index in [1.165, 1.54) is 12.8 Å². The molecular weight excluding hydrogens is 234 g/mol. The highest BCUT2D eigenvalue weighted by Gasteiger charge is 2.14. The molecule has 0 aromatic carbocycles. The zero-order chi connectivity index (χ0) is 12.1. The van der Waals surface area contributed by atoms with Crippen molar-refractivity contribution in [3.8, 4) is 0 Å². The number of ether oxygens (including phenoxy) is 1. The van der Waals surface area contributed by atoms with Gasteiger partial charge in [-0.05, 0) is 25.3 Å².